The predicted molar refractivity (Wildman–Crippen MR) is 47.8 cm³/mol. The molecule has 0 N–H and O–H groups in total. The Hall–Kier alpha value is -1.25. The van der Waals surface area contributed by atoms with Crippen LogP contribution in [0.2, 0.25) is 0 Å². The molecule has 2 rings (SSSR count). The van der Waals surface area contributed by atoms with E-state index in [1.165, 1.54) is 18.2 Å². The molecule has 1 aliphatic carbocycles. The van der Waals surface area contributed by atoms with Crippen molar-refractivity contribution in [2.24, 2.45) is 5.92 Å². The normalized spacial score (nSPS) is 15.6. The molecule has 0 bridgehead atoms. The number of hydrogen-bond donors (Lipinski definition) is 0. The zero-order valence-corrected chi connectivity index (χ0v) is 7.59. The van der Waals surface area contributed by atoms with Gasteiger partial charge in [-0.05, 0) is 25.0 Å². The summed E-state index contributed by atoms with van der Waals surface area (Å²) >= 11 is 0. The van der Waals surface area contributed by atoms with E-state index in [4.69, 9.17) is 0 Å². The maximum absolute atomic E-state index is 13.1. The fraction of sp³-hybridized carbons (Fsp3) is 0.364. The zero-order chi connectivity index (χ0) is 10.1. The molecule has 0 saturated heterocycles. The van der Waals surface area contributed by atoms with E-state index in [1.807, 2.05) is 0 Å². The molecule has 0 heterocycles. The molecular weight excluding hydrogens is 186 g/mol. The number of benzene rings is 1. The molecule has 0 amide bonds. The third kappa shape index (κ3) is 1.81. The minimum atomic E-state index is -0.626. The van der Waals surface area contributed by atoms with Crippen LogP contribution in [0.3, 0.4) is 0 Å². The van der Waals surface area contributed by atoms with Gasteiger partial charge >= 0.3 is 0 Å². The maximum Gasteiger partial charge on any atom is 0.140 e. The van der Waals surface area contributed by atoms with E-state index in [9.17, 15) is 13.6 Å². The lowest BCUT2D eigenvalue weighted by atomic mass is 10.1. The van der Waals surface area contributed by atoms with Crippen LogP contribution in [0.25, 0.3) is 0 Å². The molecule has 0 radical (unpaired) electrons. The van der Waals surface area contributed by atoms with E-state index in [1.54, 1.807) is 0 Å². The van der Waals surface area contributed by atoms with E-state index in [-0.39, 0.29) is 23.7 Å². The lowest BCUT2D eigenvalue weighted by Gasteiger charge is -2.02. The maximum atomic E-state index is 13.1. The van der Waals surface area contributed by atoms with E-state index in [0.29, 0.717) is 0 Å². The first kappa shape index (κ1) is 9.31. The topological polar surface area (TPSA) is 17.1 Å². The molecule has 3 heteroatoms. The molecule has 0 unspecified atom stereocenters. The molecule has 0 atom stereocenters. The molecule has 14 heavy (non-hydrogen) atoms. The summed E-state index contributed by atoms with van der Waals surface area (Å²) in [6, 6.07) is 3.66. The summed E-state index contributed by atoms with van der Waals surface area (Å²) in [5.74, 6) is -1.25. The second-order valence-corrected chi connectivity index (χ2v) is 3.62. The molecule has 1 fully saturated rings. The van der Waals surface area contributed by atoms with Crippen LogP contribution in [0.5, 0.6) is 0 Å². The number of halogens is 2. The Morgan fingerprint density at radius 2 is 1.86 bits per heavy atom. The van der Waals surface area contributed by atoms with Gasteiger partial charge in [-0.1, -0.05) is 6.07 Å². The van der Waals surface area contributed by atoms with Crippen LogP contribution in [0.1, 0.15) is 18.4 Å². The summed E-state index contributed by atoms with van der Waals surface area (Å²) < 4.78 is 26.2. The van der Waals surface area contributed by atoms with E-state index < -0.39 is 11.6 Å². The van der Waals surface area contributed by atoms with Crippen molar-refractivity contribution >= 4 is 5.78 Å². The Balaban J connectivity index is 2.18. The molecule has 0 aliphatic heterocycles. The average molecular weight is 196 g/mol. The van der Waals surface area contributed by atoms with Crippen LogP contribution >= 0.6 is 0 Å². The number of ketones is 1. The van der Waals surface area contributed by atoms with Crippen molar-refractivity contribution in [2.45, 2.75) is 19.3 Å². The molecule has 1 aromatic rings. The molecule has 1 aliphatic rings. The Morgan fingerprint density at radius 3 is 2.36 bits per heavy atom. The van der Waals surface area contributed by atoms with Crippen LogP contribution in [-0.4, -0.2) is 5.78 Å². The molecule has 1 saturated carbocycles. The van der Waals surface area contributed by atoms with Gasteiger partial charge < -0.3 is 0 Å². The van der Waals surface area contributed by atoms with Crippen LogP contribution < -0.4 is 0 Å². The summed E-state index contributed by atoms with van der Waals surface area (Å²) in [5.41, 5.74) is -0.0931. The largest absolute Gasteiger partial charge is 0.299 e. The zero-order valence-electron chi connectivity index (χ0n) is 7.59. The van der Waals surface area contributed by atoms with Gasteiger partial charge in [-0.25, -0.2) is 8.78 Å². The second-order valence-electron chi connectivity index (χ2n) is 3.62. The van der Waals surface area contributed by atoms with Crippen molar-refractivity contribution in [1.82, 2.24) is 0 Å². The highest BCUT2D eigenvalue weighted by Crippen LogP contribution is 2.31. The van der Waals surface area contributed by atoms with Crippen molar-refractivity contribution in [3.8, 4) is 0 Å². The Labute approximate surface area is 80.7 Å². The molecule has 0 spiro atoms. The number of Topliss-reactive ketones (excluding diaryl/α,β-unsaturated/α-hetero) is 1. The standard InChI is InChI=1S/C11H10F2O/c12-9-2-1-3-10(13)8(9)6-11(14)7-4-5-7/h1-3,7H,4-6H2. The second kappa shape index (κ2) is 3.48. The Morgan fingerprint density at radius 1 is 1.29 bits per heavy atom. The van der Waals surface area contributed by atoms with E-state index >= 15 is 0 Å². The third-order valence-electron chi connectivity index (χ3n) is 2.45. The Bertz CT molecular complexity index is 349. The molecule has 0 aromatic heterocycles. The lowest BCUT2D eigenvalue weighted by molar-refractivity contribution is -0.119. The molecule has 74 valence electrons. The summed E-state index contributed by atoms with van der Waals surface area (Å²) in [5, 5.41) is 0. The van der Waals surface area contributed by atoms with Crippen LogP contribution in [0, 0.1) is 17.6 Å². The number of carbonyl (C=O) groups is 1. The van der Waals surface area contributed by atoms with Crippen molar-refractivity contribution in [3.05, 3.63) is 35.4 Å². The first-order valence-electron chi connectivity index (χ1n) is 4.64. The van der Waals surface area contributed by atoms with Gasteiger partial charge in [0.2, 0.25) is 0 Å². The van der Waals surface area contributed by atoms with Crippen LogP contribution in [-0.2, 0) is 11.2 Å². The van der Waals surface area contributed by atoms with Gasteiger partial charge in [0.1, 0.15) is 17.4 Å². The molecular formula is C11H10F2O. The minimum Gasteiger partial charge on any atom is -0.299 e. The fourth-order valence-electron chi connectivity index (χ4n) is 1.43. The number of rotatable bonds is 3. The third-order valence-corrected chi connectivity index (χ3v) is 2.45. The van der Waals surface area contributed by atoms with Crippen molar-refractivity contribution in [1.29, 1.82) is 0 Å². The first-order valence-corrected chi connectivity index (χ1v) is 4.64. The number of carbonyl (C=O) groups excluding carboxylic acids is 1. The monoisotopic (exact) mass is 196 g/mol. The number of hydrogen-bond acceptors (Lipinski definition) is 1. The van der Waals surface area contributed by atoms with Gasteiger partial charge in [0.15, 0.2) is 0 Å². The smallest absolute Gasteiger partial charge is 0.140 e. The predicted octanol–water partition coefficient (Wildman–Crippen LogP) is 2.49. The first-order chi connectivity index (χ1) is 6.68. The summed E-state index contributed by atoms with van der Waals surface area (Å²) in [6.07, 6.45) is 1.63. The summed E-state index contributed by atoms with van der Waals surface area (Å²) in [4.78, 5) is 11.3. The molecule has 1 nitrogen and oxygen atoms in total. The van der Waals surface area contributed by atoms with Gasteiger partial charge in [0.05, 0.1) is 0 Å². The van der Waals surface area contributed by atoms with Gasteiger partial charge in [-0.2, -0.15) is 0 Å². The Kier molecular flexibility index (Phi) is 2.32. The summed E-state index contributed by atoms with van der Waals surface area (Å²) in [6.45, 7) is 0. The van der Waals surface area contributed by atoms with Crippen molar-refractivity contribution in [3.63, 3.8) is 0 Å². The van der Waals surface area contributed by atoms with Gasteiger partial charge in [0, 0.05) is 17.9 Å². The van der Waals surface area contributed by atoms with Gasteiger partial charge in [-0.15, -0.1) is 0 Å². The van der Waals surface area contributed by atoms with Gasteiger partial charge in [-0.3, -0.25) is 4.79 Å². The fourth-order valence-corrected chi connectivity index (χ4v) is 1.43. The lowest BCUT2D eigenvalue weighted by Crippen LogP contribution is -2.08. The highest BCUT2D eigenvalue weighted by Gasteiger charge is 2.30. The molecule has 1 aromatic carbocycles. The SMILES string of the molecule is O=C(Cc1c(F)cccc1F)C1CC1. The van der Waals surface area contributed by atoms with E-state index in [2.05, 4.69) is 0 Å². The van der Waals surface area contributed by atoms with Crippen molar-refractivity contribution < 1.29 is 13.6 Å². The average Bonchev–Trinajstić information content (AvgIpc) is 2.94. The quantitative estimate of drug-likeness (QED) is 0.725. The van der Waals surface area contributed by atoms with E-state index in [0.717, 1.165) is 12.8 Å². The van der Waals surface area contributed by atoms with Crippen LogP contribution in [0.4, 0.5) is 8.78 Å². The highest BCUT2D eigenvalue weighted by atomic mass is 19.1. The highest BCUT2D eigenvalue weighted by molar-refractivity contribution is 5.85. The minimum absolute atomic E-state index is 0.0472. The van der Waals surface area contributed by atoms with Crippen LogP contribution in [0.15, 0.2) is 18.2 Å². The van der Waals surface area contributed by atoms with Crippen molar-refractivity contribution in [2.75, 3.05) is 0 Å². The van der Waals surface area contributed by atoms with Gasteiger partial charge in [0.25, 0.3) is 0 Å². The summed E-state index contributed by atoms with van der Waals surface area (Å²) in [7, 11) is 0.